The van der Waals surface area contributed by atoms with E-state index >= 15 is 0 Å². The van der Waals surface area contributed by atoms with Gasteiger partial charge in [0.1, 0.15) is 16.5 Å². The minimum absolute atomic E-state index is 0.0843. The summed E-state index contributed by atoms with van der Waals surface area (Å²) in [6.07, 6.45) is 3.21. The van der Waals surface area contributed by atoms with Crippen LogP contribution >= 0.6 is 0 Å². The average molecular weight is 500 g/mol. The molecule has 3 saturated heterocycles. The van der Waals surface area contributed by atoms with Gasteiger partial charge in [-0.15, -0.1) is 0 Å². The largest absolute Gasteiger partial charge is 0.373 e. The number of nitrogens with zero attached hydrogens (tertiary/aromatic N) is 3. The van der Waals surface area contributed by atoms with Crippen LogP contribution in [0, 0.1) is 23.5 Å². The van der Waals surface area contributed by atoms with E-state index in [9.17, 15) is 22.0 Å². The van der Waals surface area contributed by atoms with Gasteiger partial charge in [0, 0.05) is 51.7 Å². The second kappa shape index (κ2) is 10.6. The molecule has 2 unspecified atom stereocenters. The second-order valence-corrected chi connectivity index (χ2v) is 11.9. The summed E-state index contributed by atoms with van der Waals surface area (Å²) >= 11 is 0. The van der Waals surface area contributed by atoms with Gasteiger partial charge in [-0.2, -0.15) is 4.31 Å². The van der Waals surface area contributed by atoms with Crippen LogP contribution in [0.15, 0.2) is 23.1 Å². The van der Waals surface area contributed by atoms with Crippen LogP contribution in [-0.2, 0) is 19.6 Å². The molecule has 0 spiro atoms. The predicted molar refractivity (Wildman–Crippen MR) is 124 cm³/mol. The van der Waals surface area contributed by atoms with Crippen molar-refractivity contribution in [3.63, 3.8) is 0 Å². The zero-order valence-corrected chi connectivity index (χ0v) is 20.8. The highest BCUT2D eigenvalue weighted by Crippen LogP contribution is 2.28. The molecule has 3 aliphatic heterocycles. The van der Waals surface area contributed by atoms with Crippen LogP contribution in [0.25, 0.3) is 0 Å². The Bertz CT molecular complexity index is 966. The Labute approximate surface area is 201 Å². The molecule has 3 heterocycles. The minimum Gasteiger partial charge on any atom is -0.373 e. The number of sulfonamides is 1. The number of piperidine rings is 2. The number of carbonyl (C=O) groups excluding carboxylic acids is 1. The molecule has 0 radical (unpaired) electrons. The summed E-state index contributed by atoms with van der Waals surface area (Å²) in [5.74, 6) is -1.35. The number of halogens is 2. The van der Waals surface area contributed by atoms with Crippen molar-refractivity contribution < 1.29 is 26.7 Å². The Kier molecular flexibility index (Phi) is 7.91. The molecule has 7 nitrogen and oxygen atoms in total. The maximum atomic E-state index is 14.0. The first-order valence-corrected chi connectivity index (χ1v) is 13.7. The molecule has 34 heavy (non-hydrogen) atoms. The Morgan fingerprint density at radius 1 is 1.00 bits per heavy atom. The number of amides is 1. The van der Waals surface area contributed by atoms with Gasteiger partial charge in [0.2, 0.25) is 15.9 Å². The lowest BCUT2D eigenvalue weighted by Crippen LogP contribution is -2.50. The normalized spacial score (nSPS) is 26.6. The Morgan fingerprint density at radius 2 is 1.62 bits per heavy atom. The van der Waals surface area contributed by atoms with E-state index < -0.39 is 26.6 Å². The van der Waals surface area contributed by atoms with Gasteiger partial charge in [-0.3, -0.25) is 9.69 Å². The van der Waals surface area contributed by atoms with Crippen molar-refractivity contribution in [3.8, 4) is 0 Å². The third kappa shape index (κ3) is 5.78. The van der Waals surface area contributed by atoms with Gasteiger partial charge in [-0.05, 0) is 63.6 Å². The van der Waals surface area contributed by atoms with Gasteiger partial charge in [-0.25, -0.2) is 17.2 Å². The van der Waals surface area contributed by atoms with E-state index in [1.54, 1.807) is 0 Å². The number of benzene rings is 1. The third-order valence-electron chi connectivity index (χ3n) is 7.25. The molecular formula is C24H35F2N3O4S. The standard InChI is InChI=1S/C24H35F2N3O4S/c1-17-14-27(15-18(2)33-17)16-19-5-9-28(10-6-19)24(30)20-7-11-29(12-8-20)34(31,32)23-13-21(25)3-4-22(23)26/h3-4,13,17-20H,5-12,14-16H2,1-2H3. The first-order valence-electron chi connectivity index (χ1n) is 12.2. The summed E-state index contributed by atoms with van der Waals surface area (Å²) < 4.78 is 60.1. The lowest BCUT2D eigenvalue weighted by Gasteiger charge is -2.40. The predicted octanol–water partition coefficient (Wildman–Crippen LogP) is 2.71. The summed E-state index contributed by atoms with van der Waals surface area (Å²) in [5.41, 5.74) is 0. The van der Waals surface area contributed by atoms with Crippen LogP contribution in [-0.4, -0.2) is 86.5 Å². The SMILES string of the molecule is CC1CN(CC2CCN(C(=O)C3CCN(S(=O)(=O)c4cc(F)ccc4F)CC3)CC2)CC(C)O1. The summed E-state index contributed by atoms with van der Waals surface area (Å²) in [4.78, 5) is 16.8. The third-order valence-corrected chi connectivity index (χ3v) is 9.17. The van der Waals surface area contributed by atoms with Crippen molar-refractivity contribution >= 4 is 15.9 Å². The summed E-state index contributed by atoms with van der Waals surface area (Å²) in [6.45, 7) is 8.85. The molecule has 1 amide bonds. The monoisotopic (exact) mass is 499 g/mol. The van der Waals surface area contributed by atoms with Crippen LogP contribution in [0.5, 0.6) is 0 Å². The molecule has 10 heteroatoms. The van der Waals surface area contributed by atoms with Crippen LogP contribution in [0.3, 0.4) is 0 Å². The molecule has 190 valence electrons. The molecule has 0 aromatic heterocycles. The van der Waals surface area contributed by atoms with E-state index in [0.29, 0.717) is 24.8 Å². The molecule has 0 saturated carbocycles. The van der Waals surface area contributed by atoms with Gasteiger partial charge in [0.15, 0.2) is 0 Å². The van der Waals surface area contributed by atoms with Crippen LogP contribution in [0.4, 0.5) is 8.78 Å². The summed E-state index contributed by atoms with van der Waals surface area (Å²) in [6, 6.07) is 2.43. The molecule has 1 aromatic carbocycles. The quantitative estimate of drug-likeness (QED) is 0.623. The highest BCUT2D eigenvalue weighted by Gasteiger charge is 2.36. The molecule has 0 bridgehead atoms. The first-order chi connectivity index (χ1) is 16.1. The fourth-order valence-corrected chi connectivity index (χ4v) is 7.10. The number of ether oxygens (including phenoxy) is 1. The van der Waals surface area contributed by atoms with Crippen LogP contribution < -0.4 is 0 Å². The molecule has 1 aromatic rings. The molecule has 2 atom stereocenters. The number of carbonyl (C=O) groups is 1. The summed E-state index contributed by atoms with van der Waals surface area (Å²) in [5, 5.41) is 0. The first kappa shape index (κ1) is 25.5. The van der Waals surface area contributed by atoms with E-state index in [0.717, 1.165) is 62.0 Å². The molecule has 0 N–H and O–H groups in total. The van der Waals surface area contributed by atoms with Crippen molar-refractivity contribution in [2.24, 2.45) is 11.8 Å². The van der Waals surface area contributed by atoms with Gasteiger partial charge in [0.25, 0.3) is 0 Å². The topological polar surface area (TPSA) is 70.2 Å². The number of hydrogen-bond acceptors (Lipinski definition) is 5. The molecule has 0 aliphatic carbocycles. The number of morpholine rings is 1. The molecule has 4 rings (SSSR count). The maximum Gasteiger partial charge on any atom is 0.246 e. The number of likely N-dealkylation sites (tertiary alicyclic amines) is 1. The zero-order chi connectivity index (χ0) is 24.5. The van der Waals surface area contributed by atoms with Crippen molar-refractivity contribution in [3.05, 3.63) is 29.8 Å². The van der Waals surface area contributed by atoms with Gasteiger partial charge < -0.3 is 9.64 Å². The van der Waals surface area contributed by atoms with E-state index in [2.05, 4.69) is 18.7 Å². The fourth-order valence-electron chi connectivity index (χ4n) is 5.55. The molecule has 3 aliphatic rings. The van der Waals surface area contributed by atoms with Crippen LogP contribution in [0.1, 0.15) is 39.5 Å². The Balaban J connectivity index is 1.26. The second-order valence-electron chi connectivity index (χ2n) is 10.00. The van der Waals surface area contributed by atoms with Crippen molar-refractivity contribution in [1.82, 2.24) is 14.1 Å². The van der Waals surface area contributed by atoms with Crippen molar-refractivity contribution in [2.45, 2.75) is 56.6 Å². The zero-order valence-electron chi connectivity index (χ0n) is 20.0. The van der Waals surface area contributed by atoms with Gasteiger partial charge in [0.05, 0.1) is 12.2 Å². The lowest BCUT2D eigenvalue weighted by molar-refractivity contribution is -0.138. The summed E-state index contributed by atoms with van der Waals surface area (Å²) in [7, 11) is -4.14. The highest BCUT2D eigenvalue weighted by atomic mass is 32.2. The van der Waals surface area contributed by atoms with Crippen molar-refractivity contribution in [2.75, 3.05) is 45.8 Å². The van der Waals surface area contributed by atoms with Crippen LogP contribution in [0.2, 0.25) is 0 Å². The van der Waals surface area contributed by atoms with Gasteiger partial charge in [-0.1, -0.05) is 0 Å². The van der Waals surface area contributed by atoms with E-state index in [1.165, 1.54) is 0 Å². The number of hydrogen-bond donors (Lipinski definition) is 0. The highest BCUT2D eigenvalue weighted by molar-refractivity contribution is 7.89. The Morgan fingerprint density at radius 3 is 2.24 bits per heavy atom. The van der Waals surface area contributed by atoms with E-state index in [4.69, 9.17) is 4.74 Å². The van der Waals surface area contributed by atoms with E-state index in [1.807, 2.05) is 4.90 Å². The van der Waals surface area contributed by atoms with E-state index in [-0.39, 0.29) is 37.1 Å². The maximum absolute atomic E-state index is 14.0. The fraction of sp³-hybridized carbons (Fsp3) is 0.708. The number of rotatable bonds is 5. The molecular weight excluding hydrogens is 464 g/mol. The Hall–Kier alpha value is -1.62. The lowest BCUT2D eigenvalue weighted by atomic mass is 9.92. The van der Waals surface area contributed by atoms with Crippen molar-refractivity contribution in [1.29, 1.82) is 0 Å². The average Bonchev–Trinajstić information content (AvgIpc) is 2.80. The van der Waals surface area contributed by atoms with Gasteiger partial charge >= 0.3 is 0 Å². The minimum atomic E-state index is -4.14. The molecule has 3 fully saturated rings. The smallest absolute Gasteiger partial charge is 0.246 e.